The third-order valence-corrected chi connectivity index (χ3v) is 5.09. The maximum atomic E-state index is 12.3. The second-order valence-corrected chi connectivity index (χ2v) is 6.98. The Hall–Kier alpha value is -3.15. The van der Waals surface area contributed by atoms with Gasteiger partial charge in [-0.15, -0.1) is 0 Å². The summed E-state index contributed by atoms with van der Waals surface area (Å²) in [5, 5.41) is 2.88. The van der Waals surface area contributed by atoms with Gasteiger partial charge in [-0.25, -0.2) is 4.79 Å². The first-order chi connectivity index (χ1) is 14.0. The number of ether oxygens (including phenoxy) is 1. The molecule has 1 N–H and O–H groups in total. The number of amides is 2. The number of carbonyl (C=O) groups excluding carboxylic acids is 3. The number of benzene rings is 2. The van der Waals surface area contributed by atoms with Crippen molar-refractivity contribution in [2.45, 2.75) is 39.5 Å². The van der Waals surface area contributed by atoms with E-state index in [2.05, 4.69) is 5.32 Å². The molecular weight excluding hydrogens is 368 g/mol. The van der Waals surface area contributed by atoms with E-state index < -0.39 is 5.97 Å². The molecule has 1 aliphatic heterocycles. The van der Waals surface area contributed by atoms with Gasteiger partial charge in [0, 0.05) is 24.3 Å². The zero-order chi connectivity index (χ0) is 20.8. The number of nitrogens with one attached hydrogen (secondary N) is 1. The summed E-state index contributed by atoms with van der Waals surface area (Å²) in [6.45, 7) is 4.40. The summed E-state index contributed by atoms with van der Waals surface area (Å²) < 4.78 is 5.16. The van der Waals surface area contributed by atoms with Gasteiger partial charge in [0.25, 0.3) is 5.91 Å². The second-order valence-electron chi connectivity index (χ2n) is 6.98. The van der Waals surface area contributed by atoms with E-state index in [0.29, 0.717) is 18.5 Å². The van der Waals surface area contributed by atoms with Crippen molar-refractivity contribution in [1.29, 1.82) is 0 Å². The molecule has 1 aliphatic rings. The van der Waals surface area contributed by atoms with Gasteiger partial charge in [0.15, 0.2) is 6.61 Å². The van der Waals surface area contributed by atoms with Gasteiger partial charge in [-0.2, -0.15) is 0 Å². The van der Waals surface area contributed by atoms with Gasteiger partial charge in [-0.1, -0.05) is 32.0 Å². The Bertz CT molecular complexity index is 883. The average molecular weight is 394 g/mol. The fourth-order valence-corrected chi connectivity index (χ4v) is 3.49. The number of aryl methyl sites for hydroxylation is 2. The zero-order valence-corrected chi connectivity index (χ0v) is 16.9. The lowest BCUT2D eigenvalue weighted by Crippen LogP contribution is -2.24. The number of esters is 1. The van der Waals surface area contributed by atoms with Crippen LogP contribution in [0.1, 0.15) is 48.2 Å². The van der Waals surface area contributed by atoms with Crippen LogP contribution in [0.5, 0.6) is 0 Å². The fourth-order valence-electron chi connectivity index (χ4n) is 3.49. The van der Waals surface area contributed by atoms with Gasteiger partial charge in [-0.05, 0) is 54.7 Å². The van der Waals surface area contributed by atoms with Gasteiger partial charge in [0.1, 0.15) is 0 Å². The number of carbonyl (C=O) groups is 3. The molecule has 0 aliphatic carbocycles. The lowest BCUT2D eigenvalue weighted by molar-refractivity contribution is -0.119. The molecule has 3 rings (SSSR count). The molecule has 0 atom stereocenters. The highest BCUT2D eigenvalue weighted by Gasteiger charge is 2.22. The summed E-state index contributed by atoms with van der Waals surface area (Å²) in [6, 6.07) is 12.6. The maximum absolute atomic E-state index is 12.3. The molecule has 1 fully saturated rings. The first-order valence-corrected chi connectivity index (χ1v) is 10.0. The number of hydrogen-bond acceptors (Lipinski definition) is 4. The van der Waals surface area contributed by atoms with Crippen molar-refractivity contribution in [2.75, 3.05) is 23.4 Å². The lowest BCUT2D eigenvalue weighted by Gasteiger charge is -2.16. The molecule has 0 unspecified atom stereocenters. The Kier molecular flexibility index (Phi) is 6.65. The Morgan fingerprint density at radius 1 is 1.03 bits per heavy atom. The normalized spacial score (nSPS) is 13.4. The van der Waals surface area contributed by atoms with Crippen molar-refractivity contribution in [3.8, 4) is 0 Å². The van der Waals surface area contributed by atoms with Crippen LogP contribution in [0.3, 0.4) is 0 Å². The van der Waals surface area contributed by atoms with E-state index in [0.717, 1.165) is 41.8 Å². The van der Waals surface area contributed by atoms with Gasteiger partial charge in [0.05, 0.1) is 5.56 Å². The summed E-state index contributed by atoms with van der Waals surface area (Å²) in [6.07, 6.45) is 3.00. The summed E-state index contributed by atoms with van der Waals surface area (Å²) in [5.74, 6) is -0.844. The summed E-state index contributed by atoms with van der Waals surface area (Å²) in [4.78, 5) is 38.1. The first kappa shape index (κ1) is 20.6. The van der Waals surface area contributed by atoms with Crippen LogP contribution in [0.4, 0.5) is 11.4 Å². The Balaban J connectivity index is 1.58. The van der Waals surface area contributed by atoms with Crippen LogP contribution < -0.4 is 10.2 Å². The molecule has 0 bridgehead atoms. The molecule has 6 heteroatoms. The van der Waals surface area contributed by atoms with E-state index in [9.17, 15) is 14.4 Å². The average Bonchev–Trinajstić information content (AvgIpc) is 3.18. The van der Waals surface area contributed by atoms with Gasteiger partial charge < -0.3 is 15.0 Å². The SMILES string of the molecule is CCc1cccc(CC)c1NC(=O)COC(=O)c1ccc(N2CCCC2=O)cc1. The van der Waals surface area contributed by atoms with Crippen LogP contribution in [0.15, 0.2) is 42.5 Å². The molecular formula is C23H26N2O4. The van der Waals surface area contributed by atoms with Gasteiger partial charge in [0.2, 0.25) is 5.91 Å². The van der Waals surface area contributed by atoms with Crippen molar-refractivity contribution in [3.05, 3.63) is 59.2 Å². The molecule has 0 radical (unpaired) electrons. The summed E-state index contributed by atoms with van der Waals surface area (Å²) in [7, 11) is 0. The molecule has 6 nitrogen and oxygen atoms in total. The van der Waals surface area contributed by atoms with Crippen LogP contribution in [-0.2, 0) is 27.2 Å². The highest BCUT2D eigenvalue weighted by molar-refractivity contribution is 5.98. The first-order valence-electron chi connectivity index (χ1n) is 10.0. The minimum atomic E-state index is -0.570. The number of rotatable bonds is 7. The molecule has 152 valence electrons. The molecule has 29 heavy (non-hydrogen) atoms. The summed E-state index contributed by atoms with van der Waals surface area (Å²) in [5.41, 5.74) is 4.02. The van der Waals surface area contributed by atoms with Crippen molar-refractivity contribution in [3.63, 3.8) is 0 Å². The monoisotopic (exact) mass is 394 g/mol. The minimum Gasteiger partial charge on any atom is -0.452 e. The molecule has 0 spiro atoms. The van der Waals surface area contributed by atoms with Crippen LogP contribution in [0, 0.1) is 0 Å². The van der Waals surface area contributed by atoms with E-state index in [1.165, 1.54) is 0 Å². The van der Waals surface area contributed by atoms with E-state index in [1.807, 2.05) is 32.0 Å². The second kappa shape index (κ2) is 9.37. The van der Waals surface area contributed by atoms with E-state index in [1.54, 1.807) is 29.2 Å². The molecule has 0 aromatic heterocycles. The predicted molar refractivity (Wildman–Crippen MR) is 112 cm³/mol. The highest BCUT2D eigenvalue weighted by atomic mass is 16.5. The minimum absolute atomic E-state index is 0.0933. The molecule has 0 saturated carbocycles. The van der Waals surface area contributed by atoms with E-state index >= 15 is 0 Å². The maximum Gasteiger partial charge on any atom is 0.338 e. The van der Waals surface area contributed by atoms with Crippen molar-refractivity contribution >= 4 is 29.2 Å². The Labute approximate surface area is 170 Å². The van der Waals surface area contributed by atoms with Crippen LogP contribution in [0.2, 0.25) is 0 Å². The smallest absolute Gasteiger partial charge is 0.338 e. The van der Waals surface area contributed by atoms with Crippen LogP contribution in [-0.4, -0.2) is 30.9 Å². The predicted octanol–water partition coefficient (Wildman–Crippen LogP) is 3.73. The standard InChI is InChI=1S/C23H26N2O4/c1-3-16-7-5-8-17(4-2)22(16)24-20(26)15-29-23(28)18-10-12-19(13-11-18)25-14-6-9-21(25)27/h5,7-8,10-13H,3-4,6,9,14-15H2,1-2H3,(H,24,26). The topological polar surface area (TPSA) is 75.7 Å². The third kappa shape index (κ3) is 4.83. The molecule has 2 aromatic rings. The lowest BCUT2D eigenvalue weighted by atomic mass is 10.0. The molecule has 1 heterocycles. The Morgan fingerprint density at radius 2 is 1.69 bits per heavy atom. The van der Waals surface area contributed by atoms with Crippen LogP contribution >= 0.6 is 0 Å². The quantitative estimate of drug-likeness (QED) is 0.726. The zero-order valence-electron chi connectivity index (χ0n) is 16.9. The van der Waals surface area contributed by atoms with E-state index in [4.69, 9.17) is 4.74 Å². The number of hydrogen-bond donors (Lipinski definition) is 1. The van der Waals surface area contributed by atoms with E-state index in [-0.39, 0.29) is 18.4 Å². The number of para-hydroxylation sites is 1. The molecule has 2 amide bonds. The van der Waals surface area contributed by atoms with Crippen LogP contribution in [0.25, 0.3) is 0 Å². The highest BCUT2D eigenvalue weighted by Crippen LogP contribution is 2.23. The van der Waals surface area contributed by atoms with Crippen molar-refractivity contribution < 1.29 is 19.1 Å². The fraction of sp³-hybridized carbons (Fsp3) is 0.348. The van der Waals surface area contributed by atoms with Crippen molar-refractivity contribution in [2.24, 2.45) is 0 Å². The van der Waals surface area contributed by atoms with Gasteiger partial charge in [-0.3, -0.25) is 9.59 Å². The summed E-state index contributed by atoms with van der Waals surface area (Å²) >= 11 is 0. The number of nitrogens with zero attached hydrogens (tertiary/aromatic N) is 1. The van der Waals surface area contributed by atoms with Crippen molar-refractivity contribution in [1.82, 2.24) is 0 Å². The largest absolute Gasteiger partial charge is 0.452 e. The Morgan fingerprint density at radius 3 is 2.24 bits per heavy atom. The third-order valence-electron chi connectivity index (χ3n) is 5.09. The molecule has 2 aromatic carbocycles. The molecule has 1 saturated heterocycles. The number of anilines is 2. The van der Waals surface area contributed by atoms with Gasteiger partial charge >= 0.3 is 5.97 Å².